The van der Waals surface area contributed by atoms with Crippen LogP contribution in [-0.2, 0) is 17.9 Å². The smallest absolute Gasteiger partial charge is 0.220 e. The molecule has 8 heteroatoms. The molecule has 5 nitrogen and oxygen atoms in total. The Labute approximate surface area is 176 Å². The van der Waals surface area contributed by atoms with Gasteiger partial charge in [0, 0.05) is 45.7 Å². The molecule has 0 spiro atoms. The summed E-state index contributed by atoms with van der Waals surface area (Å²) in [7, 11) is 0. The van der Waals surface area contributed by atoms with E-state index < -0.39 is 0 Å². The minimum atomic E-state index is 0. The maximum atomic E-state index is 11.6. The molecule has 26 heavy (non-hydrogen) atoms. The lowest BCUT2D eigenvalue weighted by atomic mass is 10.1. The Bertz CT molecular complexity index is 480. The quantitative estimate of drug-likeness (QED) is 0.669. The first kappa shape index (κ1) is 27.7. The summed E-state index contributed by atoms with van der Waals surface area (Å²) in [6, 6.07) is 8.57. The molecule has 1 saturated heterocycles. The third-order valence-corrected chi connectivity index (χ3v) is 4.44. The van der Waals surface area contributed by atoms with Gasteiger partial charge in [-0.2, -0.15) is 0 Å². The molecule has 1 amide bonds. The summed E-state index contributed by atoms with van der Waals surface area (Å²) in [5.74, 6) is 0.0771. The highest BCUT2D eigenvalue weighted by molar-refractivity contribution is 5.86. The molecule has 0 aromatic heterocycles. The summed E-state index contributed by atoms with van der Waals surface area (Å²) in [4.78, 5) is 16.6. The van der Waals surface area contributed by atoms with Crippen molar-refractivity contribution in [1.29, 1.82) is 0 Å². The first-order valence-electron chi connectivity index (χ1n) is 8.70. The molecular weight excluding hydrogens is 395 g/mol. The number of hydrogen-bond acceptors (Lipinski definition) is 4. The predicted molar refractivity (Wildman–Crippen MR) is 116 cm³/mol. The van der Waals surface area contributed by atoms with Crippen LogP contribution in [0.3, 0.4) is 0 Å². The second kappa shape index (κ2) is 15.5. The van der Waals surface area contributed by atoms with Crippen LogP contribution in [0, 0.1) is 0 Å². The number of rotatable bonds is 8. The van der Waals surface area contributed by atoms with Gasteiger partial charge in [0.15, 0.2) is 0 Å². The molecule has 0 radical (unpaired) electrons. The summed E-state index contributed by atoms with van der Waals surface area (Å²) in [5, 5.41) is 2.94. The number of nitrogens with one attached hydrogen (secondary N) is 1. The van der Waals surface area contributed by atoms with Crippen molar-refractivity contribution in [2.45, 2.75) is 32.9 Å². The lowest BCUT2D eigenvalue weighted by molar-refractivity contribution is -0.121. The minimum absolute atomic E-state index is 0. The second-order valence-electron chi connectivity index (χ2n) is 6.20. The highest BCUT2D eigenvalue weighted by Crippen LogP contribution is 2.10. The van der Waals surface area contributed by atoms with Crippen molar-refractivity contribution in [2.24, 2.45) is 5.73 Å². The number of nitrogens with two attached hydrogens (primary N) is 1. The zero-order chi connectivity index (χ0) is 16.5. The Morgan fingerprint density at radius 1 is 1.00 bits per heavy atom. The summed E-state index contributed by atoms with van der Waals surface area (Å²) < 4.78 is 0. The van der Waals surface area contributed by atoms with Gasteiger partial charge in [0.2, 0.25) is 5.91 Å². The van der Waals surface area contributed by atoms with Crippen LogP contribution in [0.25, 0.3) is 0 Å². The van der Waals surface area contributed by atoms with Crippen molar-refractivity contribution in [3.63, 3.8) is 0 Å². The van der Waals surface area contributed by atoms with Crippen LogP contribution in [-0.4, -0.2) is 55.0 Å². The summed E-state index contributed by atoms with van der Waals surface area (Å²) in [6.07, 6.45) is 1.26. The topological polar surface area (TPSA) is 61.6 Å². The van der Waals surface area contributed by atoms with Crippen molar-refractivity contribution in [3.05, 3.63) is 35.4 Å². The maximum Gasteiger partial charge on any atom is 0.220 e. The Hall–Kier alpha value is -0.560. The Kier molecular flexibility index (Phi) is 16.5. The van der Waals surface area contributed by atoms with E-state index in [2.05, 4.69) is 46.3 Å². The number of nitrogens with zero attached hydrogens (tertiary/aromatic N) is 2. The van der Waals surface area contributed by atoms with E-state index in [1.165, 1.54) is 18.7 Å². The number of hydrogen-bond donors (Lipinski definition) is 2. The van der Waals surface area contributed by atoms with Crippen LogP contribution in [0.5, 0.6) is 0 Å². The predicted octanol–water partition coefficient (Wildman–Crippen LogP) is 2.44. The van der Waals surface area contributed by atoms with Gasteiger partial charge in [0.05, 0.1) is 0 Å². The second-order valence-corrected chi connectivity index (χ2v) is 6.20. The highest BCUT2D eigenvalue weighted by atomic mass is 35.5. The fourth-order valence-electron chi connectivity index (χ4n) is 2.84. The highest BCUT2D eigenvalue weighted by Gasteiger charge is 2.15. The lowest BCUT2D eigenvalue weighted by Crippen LogP contribution is -2.45. The average Bonchev–Trinajstić information content (AvgIpc) is 2.60. The molecule has 1 aliphatic rings. The standard InChI is InChI=1S/C18H30N4O.3ClH/c1-2-21-10-12-22(13-11-21)15-17-7-5-16(6-8-17)14-20-18(23)4-3-9-19;;;/h5-8H,2-4,9-15,19H2,1H3,(H,20,23);3*1H. The number of halogens is 3. The molecule has 152 valence electrons. The zero-order valence-electron chi connectivity index (χ0n) is 15.5. The SMILES string of the molecule is CCN1CCN(Cc2ccc(CNC(=O)CCCN)cc2)CC1.Cl.Cl.Cl. The van der Waals surface area contributed by atoms with Crippen LogP contribution in [0.1, 0.15) is 30.9 Å². The fraction of sp³-hybridized carbons (Fsp3) is 0.611. The molecule has 0 unspecified atom stereocenters. The van der Waals surface area contributed by atoms with E-state index in [1.807, 2.05) is 0 Å². The minimum Gasteiger partial charge on any atom is -0.352 e. The van der Waals surface area contributed by atoms with Gasteiger partial charge in [0.25, 0.3) is 0 Å². The van der Waals surface area contributed by atoms with E-state index in [4.69, 9.17) is 5.73 Å². The monoisotopic (exact) mass is 426 g/mol. The molecule has 0 aliphatic carbocycles. The maximum absolute atomic E-state index is 11.6. The third kappa shape index (κ3) is 9.95. The van der Waals surface area contributed by atoms with Crippen molar-refractivity contribution >= 4 is 43.1 Å². The molecule has 3 N–H and O–H groups in total. The van der Waals surface area contributed by atoms with Gasteiger partial charge < -0.3 is 16.0 Å². The van der Waals surface area contributed by atoms with Gasteiger partial charge in [-0.15, -0.1) is 37.2 Å². The van der Waals surface area contributed by atoms with Gasteiger partial charge in [-0.25, -0.2) is 0 Å². The van der Waals surface area contributed by atoms with Gasteiger partial charge in [-0.3, -0.25) is 9.69 Å². The first-order valence-corrected chi connectivity index (χ1v) is 8.70. The van der Waals surface area contributed by atoms with E-state index in [-0.39, 0.29) is 43.1 Å². The summed E-state index contributed by atoms with van der Waals surface area (Å²) >= 11 is 0. The molecular formula is C18H33Cl3N4O. The molecule has 1 fully saturated rings. The Morgan fingerprint density at radius 3 is 2.08 bits per heavy atom. The molecule has 1 aromatic rings. The van der Waals surface area contributed by atoms with Gasteiger partial charge in [-0.1, -0.05) is 31.2 Å². The lowest BCUT2D eigenvalue weighted by Gasteiger charge is -2.34. The molecule has 1 aromatic carbocycles. The van der Waals surface area contributed by atoms with Crippen molar-refractivity contribution in [3.8, 4) is 0 Å². The van der Waals surface area contributed by atoms with Crippen LogP contribution in [0.4, 0.5) is 0 Å². The number of carbonyl (C=O) groups excluding carboxylic acids is 1. The Balaban J connectivity index is 0. The number of carbonyl (C=O) groups is 1. The molecule has 0 bridgehead atoms. The number of piperazine rings is 1. The molecule has 1 heterocycles. The summed E-state index contributed by atoms with van der Waals surface area (Å²) in [6.45, 7) is 10.2. The van der Waals surface area contributed by atoms with E-state index in [0.717, 1.165) is 38.2 Å². The van der Waals surface area contributed by atoms with Gasteiger partial charge in [0.1, 0.15) is 0 Å². The first-order chi connectivity index (χ1) is 11.2. The number of benzene rings is 1. The fourth-order valence-corrected chi connectivity index (χ4v) is 2.84. The van der Waals surface area contributed by atoms with Gasteiger partial charge in [-0.05, 0) is 30.6 Å². The largest absolute Gasteiger partial charge is 0.352 e. The van der Waals surface area contributed by atoms with Crippen LogP contribution < -0.4 is 11.1 Å². The third-order valence-electron chi connectivity index (χ3n) is 4.44. The molecule has 2 rings (SSSR count). The van der Waals surface area contributed by atoms with E-state index in [0.29, 0.717) is 19.5 Å². The summed E-state index contributed by atoms with van der Waals surface area (Å²) in [5.41, 5.74) is 7.89. The van der Waals surface area contributed by atoms with Gasteiger partial charge >= 0.3 is 0 Å². The molecule has 1 aliphatic heterocycles. The normalized spacial score (nSPS) is 14.5. The average molecular weight is 428 g/mol. The molecule has 0 saturated carbocycles. The van der Waals surface area contributed by atoms with Crippen LogP contribution in [0.15, 0.2) is 24.3 Å². The molecule has 0 atom stereocenters. The van der Waals surface area contributed by atoms with E-state index in [1.54, 1.807) is 0 Å². The number of likely N-dealkylation sites (N-methyl/N-ethyl adjacent to an activating group) is 1. The number of amides is 1. The zero-order valence-corrected chi connectivity index (χ0v) is 17.9. The van der Waals surface area contributed by atoms with E-state index >= 15 is 0 Å². The van der Waals surface area contributed by atoms with Crippen LogP contribution in [0.2, 0.25) is 0 Å². The Morgan fingerprint density at radius 2 is 1.54 bits per heavy atom. The van der Waals surface area contributed by atoms with Crippen molar-refractivity contribution < 1.29 is 4.79 Å². The van der Waals surface area contributed by atoms with E-state index in [9.17, 15) is 4.79 Å². The van der Waals surface area contributed by atoms with Crippen LogP contribution >= 0.6 is 37.2 Å². The van der Waals surface area contributed by atoms with Crippen molar-refractivity contribution in [1.82, 2.24) is 15.1 Å². The van der Waals surface area contributed by atoms with Crippen molar-refractivity contribution in [2.75, 3.05) is 39.3 Å².